The van der Waals surface area contributed by atoms with Gasteiger partial charge in [-0.1, -0.05) is 12.1 Å². The highest BCUT2D eigenvalue weighted by Crippen LogP contribution is 2.13. The Labute approximate surface area is 120 Å². The molecule has 0 spiro atoms. The molecule has 0 aliphatic carbocycles. The summed E-state index contributed by atoms with van der Waals surface area (Å²) in [6, 6.07) is 8.38. The van der Waals surface area contributed by atoms with Crippen LogP contribution >= 0.6 is 0 Å². The molecule has 2 N–H and O–H groups in total. The number of amides is 1. The van der Waals surface area contributed by atoms with Crippen LogP contribution in [0.3, 0.4) is 0 Å². The van der Waals surface area contributed by atoms with E-state index in [9.17, 15) is 4.79 Å². The molecule has 4 heteroatoms. The van der Waals surface area contributed by atoms with Crippen LogP contribution in [0.5, 0.6) is 0 Å². The van der Waals surface area contributed by atoms with E-state index in [0.717, 1.165) is 38.0 Å². The smallest absolute Gasteiger partial charge is 0.251 e. The van der Waals surface area contributed by atoms with Crippen molar-refractivity contribution >= 4 is 5.91 Å². The lowest BCUT2D eigenvalue weighted by molar-refractivity contribution is 0.0135. The molecule has 20 heavy (non-hydrogen) atoms. The van der Waals surface area contributed by atoms with Crippen LogP contribution in [0.15, 0.2) is 24.3 Å². The normalized spacial score (nSPS) is 22.5. The van der Waals surface area contributed by atoms with Crippen LogP contribution < -0.4 is 10.6 Å². The van der Waals surface area contributed by atoms with Crippen LogP contribution in [-0.2, 0) is 11.2 Å². The monoisotopic (exact) mass is 276 g/mol. The molecule has 1 aromatic carbocycles. The fourth-order valence-electron chi connectivity index (χ4n) is 2.62. The predicted molar refractivity (Wildman–Crippen MR) is 80.0 cm³/mol. The Morgan fingerprint density at radius 2 is 2.30 bits per heavy atom. The highest BCUT2D eigenvalue weighted by molar-refractivity contribution is 5.94. The van der Waals surface area contributed by atoms with Gasteiger partial charge >= 0.3 is 0 Å². The summed E-state index contributed by atoms with van der Waals surface area (Å²) in [5, 5.41) is 6.24. The van der Waals surface area contributed by atoms with E-state index in [4.69, 9.17) is 4.74 Å². The number of rotatable bonds is 5. The molecule has 0 bridgehead atoms. The van der Waals surface area contributed by atoms with Crippen LogP contribution in [0.4, 0.5) is 0 Å². The summed E-state index contributed by atoms with van der Waals surface area (Å²) in [4.78, 5) is 11.6. The van der Waals surface area contributed by atoms with E-state index in [1.807, 2.05) is 18.2 Å². The molecule has 1 aromatic rings. The third kappa shape index (κ3) is 4.32. The Hall–Kier alpha value is -1.39. The third-order valence-electron chi connectivity index (χ3n) is 3.75. The maximum atomic E-state index is 11.6. The van der Waals surface area contributed by atoms with Gasteiger partial charge in [0.25, 0.3) is 5.91 Å². The van der Waals surface area contributed by atoms with Gasteiger partial charge in [0.05, 0.1) is 6.10 Å². The summed E-state index contributed by atoms with van der Waals surface area (Å²) in [5.74, 6) is -0.0296. The zero-order chi connectivity index (χ0) is 14.4. The number of hydrogen-bond acceptors (Lipinski definition) is 3. The minimum Gasteiger partial charge on any atom is -0.378 e. The van der Waals surface area contributed by atoms with Crippen LogP contribution in [0.25, 0.3) is 0 Å². The van der Waals surface area contributed by atoms with E-state index in [1.54, 1.807) is 7.05 Å². The second kappa shape index (κ2) is 7.41. The number of carbonyl (C=O) groups is 1. The largest absolute Gasteiger partial charge is 0.378 e. The maximum Gasteiger partial charge on any atom is 0.251 e. The first-order valence-corrected chi connectivity index (χ1v) is 7.35. The second-order valence-electron chi connectivity index (χ2n) is 5.39. The quantitative estimate of drug-likeness (QED) is 0.861. The molecule has 1 heterocycles. The molecule has 4 nitrogen and oxygen atoms in total. The second-order valence-corrected chi connectivity index (χ2v) is 5.39. The Morgan fingerprint density at radius 1 is 1.45 bits per heavy atom. The fourth-order valence-corrected chi connectivity index (χ4v) is 2.62. The number of carbonyl (C=O) groups excluding carboxylic acids is 1. The SMILES string of the molecule is CNC(=O)c1cccc(CCN[C@H]2CCO[C@H](C)C2)c1. The molecule has 110 valence electrons. The third-order valence-corrected chi connectivity index (χ3v) is 3.75. The zero-order valence-corrected chi connectivity index (χ0v) is 12.3. The first-order chi connectivity index (χ1) is 9.69. The van der Waals surface area contributed by atoms with Gasteiger partial charge in [-0.25, -0.2) is 0 Å². The number of benzene rings is 1. The summed E-state index contributed by atoms with van der Waals surface area (Å²) in [5.41, 5.74) is 1.92. The van der Waals surface area contributed by atoms with E-state index >= 15 is 0 Å². The van der Waals surface area contributed by atoms with Crippen molar-refractivity contribution in [3.05, 3.63) is 35.4 Å². The van der Waals surface area contributed by atoms with Gasteiger partial charge < -0.3 is 15.4 Å². The van der Waals surface area contributed by atoms with Crippen molar-refractivity contribution in [1.82, 2.24) is 10.6 Å². The molecule has 0 unspecified atom stereocenters. The molecule has 0 radical (unpaired) electrons. The highest BCUT2D eigenvalue weighted by atomic mass is 16.5. The molecule has 0 aromatic heterocycles. The van der Waals surface area contributed by atoms with Gasteiger partial charge in [-0.2, -0.15) is 0 Å². The standard InChI is InChI=1S/C16H24N2O2/c1-12-10-15(7-9-20-12)18-8-6-13-4-3-5-14(11-13)16(19)17-2/h3-5,11-12,15,18H,6-10H2,1-2H3,(H,17,19)/t12-,15+/m1/s1. The Bertz CT molecular complexity index is 448. The summed E-state index contributed by atoms with van der Waals surface area (Å²) in [7, 11) is 1.66. The minimum absolute atomic E-state index is 0.0296. The highest BCUT2D eigenvalue weighted by Gasteiger charge is 2.18. The number of hydrogen-bond donors (Lipinski definition) is 2. The van der Waals surface area contributed by atoms with Crippen LogP contribution in [-0.4, -0.2) is 38.3 Å². The van der Waals surface area contributed by atoms with Gasteiger partial charge in [0.15, 0.2) is 0 Å². The van der Waals surface area contributed by atoms with Crippen molar-refractivity contribution in [2.45, 2.75) is 38.3 Å². The summed E-state index contributed by atoms with van der Waals surface area (Å²) < 4.78 is 5.54. The molecule has 1 aliphatic rings. The van der Waals surface area contributed by atoms with Gasteiger partial charge in [-0.05, 0) is 50.4 Å². The van der Waals surface area contributed by atoms with Crippen molar-refractivity contribution < 1.29 is 9.53 Å². The summed E-state index contributed by atoms with van der Waals surface area (Å²) >= 11 is 0. The predicted octanol–water partition coefficient (Wildman–Crippen LogP) is 1.75. The maximum absolute atomic E-state index is 11.6. The van der Waals surface area contributed by atoms with Crippen LogP contribution in [0.1, 0.15) is 35.7 Å². The Morgan fingerprint density at radius 3 is 3.05 bits per heavy atom. The van der Waals surface area contributed by atoms with Crippen molar-refractivity contribution in [3.8, 4) is 0 Å². The van der Waals surface area contributed by atoms with Gasteiger partial charge in [-0.15, -0.1) is 0 Å². The van der Waals surface area contributed by atoms with Gasteiger partial charge in [0.1, 0.15) is 0 Å². The van der Waals surface area contributed by atoms with E-state index in [-0.39, 0.29) is 5.91 Å². The van der Waals surface area contributed by atoms with E-state index in [2.05, 4.69) is 23.6 Å². The van der Waals surface area contributed by atoms with E-state index in [0.29, 0.717) is 12.1 Å². The summed E-state index contributed by atoms with van der Waals surface area (Å²) in [6.45, 7) is 3.92. The molecule has 1 saturated heterocycles. The van der Waals surface area contributed by atoms with E-state index < -0.39 is 0 Å². The van der Waals surface area contributed by atoms with Crippen molar-refractivity contribution in [2.24, 2.45) is 0 Å². The molecule has 2 atom stereocenters. The van der Waals surface area contributed by atoms with Crippen molar-refractivity contribution in [2.75, 3.05) is 20.2 Å². The first-order valence-electron chi connectivity index (χ1n) is 7.35. The van der Waals surface area contributed by atoms with Crippen molar-refractivity contribution in [1.29, 1.82) is 0 Å². The molecule has 0 saturated carbocycles. The first kappa shape index (κ1) is 15.0. The van der Waals surface area contributed by atoms with Gasteiger partial charge in [-0.3, -0.25) is 4.79 Å². The number of nitrogens with one attached hydrogen (secondary N) is 2. The van der Waals surface area contributed by atoms with Crippen molar-refractivity contribution in [3.63, 3.8) is 0 Å². The lowest BCUT2D eigenvalue weighted by atomic mass is 10.0. The molecule has 1 fully saturated rings. The average molecular weight is 276 g/mol. The number of ether oxygens (including phenoxy) is 1. The van der Waals surface area contributed by atoms with Gasteiger partial charge in [0.2, 0.25) is 0 Å². The Balaban J connectivity index is 1.80. The molecular formula is C16H24N2O2. The average Bonchev–Trinajstić information content (AvgIpc) is 2.47. The summed E-state index contributed by atoms with van der Waals surface area (Å²) in [6.07, 6.45) is 3.47. The topological polar surface area (TPSA) is 50.4 Å². The molecular weight excluding hydrogens is 252 g/mol. The zero-order valence-electron chi connectivity index (χ0n) is 12.3. The molecule has 1 aliphatic heterocycles. The lowest BCUT2D eigenvalue weighted by Crippen LogP contribution is -2.38. The molecule has 1 amide bonds. The Kier molecular flexibility index (Phi) is 5.56. The lowest BCUT2D eigenvalue weighted by Gasteiger charge is -2.28. The van der Waals surface area contributed by atoms with E-state index in [1.165, 1.54) is 5.56 Å². The van der Waals surface area contributed by atoms with Crippen LogP contribution in [0, 0.1) is 0 Å². The minimum atomic E-state index is -0.0296. The van der Waals surface area contributed by atoms with Gasteiger partial charge in [0, 0.05) is 25.3 Å². The van der Waals surface area contributed by atoms with Crippen LogP contribution in [0.2, 0.25) is 0 Å². The fraction of sp³-hybridized carbons (Fsp3) is 0.562. The molecule has 2 rings (SSSR count).